The molecule has 1 aliphatic rings. The molecule has 1 saturated heterocycles. The zero-order valence-electron chi connectivity index (χ0n) is 16.6. The summed E-state index contributed by atoms with van der Waals surface area (Å²) in [5, 5.41) is 0. The van der Waals surface area contributed by atoms with Gasteiger partial charge >= 0.3 is 17.8 Å². The third-order valence-electron chi connectivity index (χ3n) is 5.09. The molecule has 3 rings (SSSR count). The van der Waals surface area contributed by atoms with E-state index in [1.807, 2.05) is 36.6 Å². The van der Waals surface area contributed by atoms with Crippen molar-refractivity contribution in [1.29, 1.82) is 0 Å². The van der Waals surface area contributed by atoms with Gasteiger partial charge in [0.15, 0.2) is 5.78 Å². The molecule has 7 heteroatoms. The molecule has 0 unspecified atom stereocenters. The lowest BCUT2D eigenvalue weighted by Crippen LogP contribution is -2.37. The topological polar surface area (TPSA) is 79.7 Å². The summed E-state index contributed by atoms with van der Waals surface area (Å²) in [4.78, 5) is 50.6. The van der Waals surface area contributed by atoms with Crippen LogP contribution in [0.1, 0.15) is 27.3 Å². The van der Waals surface area contributed by atoms with Crippen molar-refractivity contribution >= 4 is 23.6 Å². The Morgan fingerprint density at radius 1 is 1.03 bits per heavy atom. The first kappa shape index (κ1) is 20.3. The Balaban J connectivity index is 1.75. The lowest BCUT2D eigenvalue weighted by atomic mass is 10.1. The van der Waals surface area contributed by atoms with Crippen LogP contribution in [0.2, 0.25) is 0 Å². The monoisotopic (exact) mass is 393 g/mol. The second-order valence-electron chi connectivity index (χ2n) is 6.97. The summed E-state index contributed by atoms with van der Waals surface area (Å²) >= 11 is 0. The third-order valence-corrected chi connectivity index (χ3v) is 5.09. The summed E-state index contributed by atoms with van der Waals surface area (Å²) in [5.74, 6) is -2.29. The van der Waals surface area contributed by atoms with E-state index < -0.39 is 24.4 Å². The molecule has 0 aliphatic carbocycles. The van der Waals surface area contributed by atoms with E-state index in [1.165, 1.54) is 11.6 Å². The second-order valence-corrected chi connectivity index (χ2v) is 6.97. The average molecular weight is 393 g/mol. The molecule has 0 N–H and O–H groups in total. The number of carbonyl (C=O) groups is 4. The molecule has 0 spiro atoms. The van der Waals surface area contributed by atoms with E-state index in [4.69, 9.17) is 0 Å². The molecular weight excluding hydrogens is 370 g/mol. The molecular formula is C22H23N3O4. The van der Waals surface area contributed by atoms with E-state index in [1.54, 1.807) is 6.07 Å². The first-order valence-corrected chi connectivity index (χ1v) is 9.37. The highest BCUT2D eigenvalue weighted by molar-refractivity contribution is 6.45. The summed E-state index contributed by atoms with van der Waals surface area (Å²) < 4.78 is 2.04. The summed E-state index contributed by atoms with van der Waals surface area (Å²) in [6.45, 7) is 7.41. The SMILES string of the molecule is C=CCN1C(=O)C(=O)N(CC(=O)c2cc(C)n(CCc3ccccc3)c2C)C1=O. The highest BCUT2D eigenvalue weighted by Crippen LogP contribution is 2.19. The molecule has 29 heavy (non-hydrogen) atoms. The maximum atomic E-state index is 12.8. The Morgan fingerprint density at radius 3 is 2.34 bits per heavy atom. The minimum Gasteiger partial charge on any atom is -0.348 e. The number of urea groups is 1. The Hall–Kier alpha value is -3.48. The van der Waals surface area contributed by atoms with Crippen LogP contribution >= 0.6 is 0 Å². The Morgan fingerprint density at radius 2 is 1.69 bits per heavy atom. The molecule has 150 valence electrons. The molecule has 2 aromatic rings. The highest BCUT2D eigenvalue weighted by atomic mass is 16.2. The highest BCUT2D eigenvalue weighted by Gasteiger charge is 2.44. The number of nitrogens with zero attached hydrogens (tertiary/aromatic N) is 3. The first-order valence-electron chi connectivity index (χ1n) is 9.37. The number of aryl methyl sites for hydroxylation is 2. The van der Waals surface area contributed by atoms with Crippen LogP contribution in [0.4, 0.5) is 4.79 Å². The number of rotatable bonds is 8. The second kappa shape index (κ2) is 8.26. The molecule has 7 nitrogen and oxygen atoms in total. The number of hydrogen-bond acceptors (Lipinski definition) is 4. The lowest BCUT2D eigenvalue weighted by Gasteiger charge is -2.14. The van der Waals surface area contributed by atoms with E-state index >= 15 is 0 Å². The van der Waals surface area contributed by atoms with E-state index in [0.717, 1.165) is 22.7 Å². The fraction of sp³-hybridized carbons (Fsp3) is 0.273. The van der Waals surface area contributed by atoms with Crippen LogP contribution in [0.15, 0.2) is 49.1 Å². The molecule has 1 aromatic carbocycles. The van der Waals surface area contributed by atoms with Crippen LogP contribution in [0.3, 0.4) is 0 Å². The van der Waals surface area contributed by atoms with Crippen molar-refractivity contribution < 1.29 is 19.2 Å². The van der Waals surface area contributed by atoms with E-state index in [2.05, 4.69) is 18.7 Å². The van der Waals surface area contributed by atoms with Crippen molar-refractivity contribution in [1.82, 2.24) is 14.4 Å². The minimum atomic E-state index is -0.983. The van der Waals surface area contributed by atoms with Gasteiger partial charge in [-0.2, -0.15) is 0 Å². The number of carbonyl (C=O) groups excluding carboxylic acids is 4. The van der Waals surface area contributed by atoms with Gasteiger partial charge < -0.3 is 4.57 Å². The lowest BCUT2D eigenvalue weighted by molar-refractivity contribution is -0.142. The van der Waals surface area contributed by atoms with Crippen molar-refractivity contribution in [2.45, 2.75) is 26.8 Å². The number of ketones is 1. The molecule has 4 amide bonds. The fourth-order valence-corrected chi connectivity index (χ4v) is 3.52. The molecule has 1 fully saturated rings. The zero-order chi connectivity index (χ0) is 21.1. The zero-order valence-corrected chi connectivity index (χ0v) is 16.6. The van der Waals surface area contributed by atoms with E-state index in [9.17, 15) is 19.2 Å². The molecule has 1 aromatic heterocycles. The van der Waals surface area contributed by atoms with Crippen molar-refractivity contribution in [2.75, 3.05) is 13.1 Å². The van der Waals surface area contributed by atoms with Crippen LogP contribution in [0.5, 0.6) is 0 Å². The molecule has 1 aliphatic heterocycles. The van der Waals surface area contributed by atoms with Gasteiger partial charge in [-0.25, -0.2) is 9.69 Å². The normalized spacial score (nSPS) is 14.1. The van der Waals surface area contributed by atoms with E-state index in [0.29, 0.717) is 17.0 Å². The van der Waals surface area contributed by atoms with Crippen molar-refractivity contribution in [3.8, 4) is 0 Å². The molecule has 0 saturated carbocycles. The number of hydrogen-bond donors (Lipinski definition) is 0. The van der Waals surface area contributed by atoms with Crippen LogP contribution in [0.25, 0.3) is 0 Å². The van der Waals surface area contributed by atoms with Gasteiger partial charge in [0, 0.05) is 30.0 Å². The maximum Gasteiger partial charge on any atom is 0.334 e. The maximum absolute atomic E-state index is 12.8. The average Bonchev–Trinajstić information content (AvgIpc) is 3.10. The van der Waals surface area contributed by atoms with Gasteiger partial charge in [-0.1, -0.05) is 36.4 Å². The predicted octanol–water partition coefficient (Wildman–Crippen LogP) is 2.51. The van der Waals surface area contributed by atoms with Crippen molar-refractivity contribution in [3.05, 3.63) is 71.6 Å². The van der Waals surface area contributed by atoms with E-state index in [-0.39, 0.29) is 12.3 Å². The van der Waals surface area contributed by atoms with Gasteiger partial charge in [0.05, 0.1) is 6.54 Å². The summed E-state index contributed by atoms with van der Waals surface area (Å²) in [6.07, 6.45) is 2.17. The van der Waals surface area contributed by atoms with Crippen LogP contribution < -0.4 is 0 Å². The predicted molar refractivity (Wildman–Crippen MR) is 107 cm³/mol. The smallest absolute Gasteiger partial charge is 0.334 e. The van der Waals surface area contributed by atoms with Gasteiger partial charge in [-0.15, -0.1) is 6.58 Å². The van der Waals surface area contributed by atoms with Gasteiger partial charge in [-0.3, -0.25) is 19.3 Å². The van der Waals surface area contributed by atoms with Crippen LogP contribution in [-0.2, 0) is 22.6 Å². The van der Waals surface area contributed by atoms with Crippen molar-refractivity contribution in [2.24, 2.45) is 0 Å². The number of Topliss-reactive ketones (excluding diaryl/α,β-unsaturated/α-hetero) is 1. The largest absolute Gasteiger partial charge is 0.348 e. The summed E-state index contributed by atoms with van der Waals surface area (Å²) in [7, 11) is 0. The number of benzene rings is 1. The number of amides is 4. The Kier molecular flexibility index (Phi) is 5.77. The third kappa shape index (κ3) is 3.89. The summed E-state index contributed by atoms with van der Waals surface area (Å²) in [5.41, 5.74) is 3.34. The fourth-order valence-electron chi connectivity index (χ4n) is 3.52. The van der Waals surface area contributed by atoms with Gasteiger partial charge in [0.25, 0.3) is 0 Å². The minimum absolute atomic E-state index is 0.0674. The quantitative estimate of drug-likeness (QED) is 0.299. The van der Waals surface area contributed by atoms with Crippen LogP contribution in [0, 0.1) is 13.8 Å². The Bertz CT molecular complexity index is 991. The summed E-state index contributed by atoms with van der Waals surface area (Å²) in [6, 6.07) is 11.0. The molecule has 2 heterocycles. The van der Waals surface area contributed by atoms with Gasteiger partial charge in [0.2, 0.25) is 0 Å². The molecule has 0 bridgehead atoms. The molecule has 0 atom stereocenters. The van der Waals surface area contributed by atoms with Gasteiger partial charge in [-0.05, 0) is 31.9 Å². The first-order chi connectivity index (χ1) is 13.8. The molecule has 0 radical (unpaired) electrons. The number of imide groups is 2. The standard InChI is InChI=1S/C22H23N3O4/c1-4-11-24-20(27)21(28)25(22(24)29)14-19(26)18-13-15(2)23(16(18)3)12-10-17-8-6-5-7-9-17/h4-9,13H,1,10-12,14H2,2-3H3. The van der Waals surface area contributed by atoms with Crippen LogP contribution in [-0.4, -0.2) is 51.1 Å². The van der Waals surface area contributed by atoms with Crippen molar-refractivity contribution in [3.63, 3.8) is 0 Å². The number of aromatic nitrogens is 1. The van der Waals surface area contributed by atoms with Gasteiger partial charge in [0.1, 0.15) is 0 Å². The Labute approximate surface area is 169 Å².